The number of Topliss-reactive ketones (excluding diaryl/α,β-unsaturated/α-hetero) is 1. The number of ketones is 1. The summed E-state index contributed by atoms with van der Waals surface area (Å²) in [5.41, 5.74) is 0.183. The van der Waals surface area contributed by atoms with Crippen molar-refractivity contribution in [2.24, 2.45) is 10.2 Å². The largest absolute Gasteiger partial charge is 0.372 e. The number of azo groups is 1. The second-order valence-corrected chi connectivity index (χ2v) is 12.1. The van der Waals surface area contributed by atoms with Gasteiger partial charge in [0.1, 0.15) is 6.04 Å². The van der Waals surface area contributed by atoms with Gasteiger partial charge in [0, 0.05) is 22.0 Å². The highest BCUT2D eigenvalue weighted by molar-refractivity contribution is 7.74. The topological polar surface area (TPSA) is 113 Å². The van der Waals surface area contributed by atoms with Gasteiger partial charge in [-0.15, -0.1) is 0 Å². The first-order chi connectivity index (χ1) is 14.6. The Labute approximate surface area is 191 Å². The van der Waals surface area contributed by atoms with E-state index in [0.717, 1.165) is 0 Å². The van der Waals surface area contributed by atoms with Crippen molar-refractivity contribution in [1.82, 2.24) is 0 Å². The van der Waals surface area contributed by atoms with Crippen LogP contribution >= 0.6 is 38.4 Å². The Bertz CT molecular complexity index is 858. The van der Waals surface area contributed by atoms with Crippen molar-refractivity contribution in [3.63, 3.8) is 0 Å². The third-order valence-corrected chi connectivity index (χ3v) is 10.9. The molecule has 0 aliphatic carbocycles. The summed E-state index contributed by atoms with van der Waals surface area (Å²) in [6.45, 7) is 6.35. The first kappa shape index (κ1) is 26.6. The number of carbonyl (C=O) groups is 1. The molecule has 0 saturated heterocycles. The van der Waals surface area contributed by atoms with Crippen LogP contribution in [0.4, 0.5) is 0 Å². The Morgan fingerprint density at radius 3 is 1.74 bits per heavy atom. The zero-order valence-corrected chi connectivity index (χ0v) is 21.0. The molecular formula is C18H26Cl2N2O7P2. The van der Waals surface area contributed by atoms with E-state index in [1.165, 1.54) is 18.2 Å². The monoisotopic (exact) mass is 514 g/mol. The maximum atomic E-state index is 13.9. The van der Waals surface area contributed by atoms with Crippen molar-refractivity contribution in [3.8, 4) is 0 Å². The molecule has 0 spiro atoms. The lowest BCUT2D eigenvalue weighted by Gasteiger charge is -2.36. The van der Waals surface area contributed by atoms with E-state index < -0.39 is 32.0 Å². The highest BCUT2D eigenvalue weighted by Crippen LogP contribution is 2.81. The van der Waals surface area contributed by atoms with Crippen molar-refractivity contribution >= 4 is 44.2 Å². The minimum atomic E-state index is -4.24. The minimum absolute atomic E-state index is 0.0185. The quantitative estimate of drug-likeness (QED) is 0.228. The molecule has 1 aromatic carbocycles. The van der Waals surface area contributed by atoms with Gasteiger partial charge in [-0.3, -0.25) is 13.9 Å². The third-order valence-electron chi connectivity index (χ3n) is 4.35. The van der Waals surface area contributed by atoms with Crippen molar-refractivity contribution in [2.75, 3.05) is 26.4 Å². The molecule has 0 radical (unpaired) electrons. The van der Waals surface area contributed by atoms with Gasteiger partial charge in [-0.05, 0) is 45.9 Å². The van der Waals surface area contributed by atoms with Gasteiger partial charge in [0.05, 0.1) is 26.4 Å². The molecule has 174 valence electrons. The predicted molar refractivity (Wildman–Crippen MR) is 119 cm³/mol. The van der Waals surface area contributed by atoms with Gasteiger partial charge in [-0.1, -0.05) is 23.2 Å². The van der Waals surface area contributed by atoms with Gasteiger partial charge in [-0.25, -0.2) is 0 Å². The van der Waals surface area contributed by atoms with Gasteiger partial charge in [0.15, 0.2) is 5.78 Å². The molecule has 9 nitrogen and oxygen atoms in total. The SMILES string of the molecule is CCOP(=O)(OCC)C1(P(=O)(OCC)OCC)CC(C(=O)c2cc(Cl)cc(Cl)c2)N=N1. The van der Waals surface area contributed by atoms with Crippen LogP contribution in [0, 0.1) is 0 Å². The van der Waals surface area contributed by atoms with Crippen LogP contribution in [0.15, 0.2) is 28.4 Å². The summed E-state index contributed by atoms with van der Waals surface area (Å²) in [7, 11) is -8.49. The molecule has 0 bridgehead atoms. The summed E-state index contributed by atoms with van der Waals surface area (Å²) < 4.78 is 49.6. The molecule has 13 heteroatoms. The molecule has 0 aromatic heterocycles. The van der Waals surface area contributed by atoms with Crippen molar-refractivity contribution in [2.45, 2.75) is 45.2 Å². The van der Waals surface area contributed by atoms with Crippen LogP contribution in [-0.2, 0) is 27.2 Å². The molecule has 1 aromatic rings. The van der Waals surface area contributed by atoms with E-state index in [1.807, 2.05) is 0 Å². The van der Waals surface area contributed by atoms with E-state index in [0.29, 0.717) is 0 Å². The average molecular weight is 515 g/mol. The smallest absolute Gasteiger partial charge is 0.307 e. The summed E-state index contributed by atoms with van der Waals surface area (Å²) >= 11 is 12.0. The van der Waals surface area contributed by atoms with E-state index in [2.05, 4.69) is 10.2 Å². The summed E-state index contributed by atoms with van der Waals surface area (Å²) in [6.07, 6.45) is -0.357. The van der Waals surface area contributed by atoms with Crippen LogP contribution in [-0.4, -0.2) is 43.3 Å². The maximum Gasteiger partial charge on any atom is 0.372 e. The molecule has 2 rings (SSSR count). The minimum Gasteiger partial charge on any atom is -0.307 e. The lowest BCUT2D eigenvalue weighted by Crippen LogP contribution is -2.33. The first-order valence-corrected chi connectivity index (χ1v) is 13.7. The number of hydrogen-bond acceptors (Lipinski definition) is 9. The number of rotatable bonds is 12. The average Bonchev–Trinajstić information content (AvgIpc) is 3.15. The highest BCUT2D eigenvalue weighted by atomic mass is 35.5. The number of benzene rings is 1. The Hall–Kier alpha value is -0.630. The molecule has 0 saturated carbocycles. The van der Waals surface area contributed by atoms with Crippen LogP contribution in [0.2, 0.25) is 10.0 Å². The number of halogens is 2. The lowest BCUT2D eigenvalue weighted by molar-refractivity contribution is 0.0960. The molecule has 0 amide bonds. The normalized spacial score (nSPS) is 18.5. The van der Waals surface area contributed by atoms with E-state index in [-0.39, 0.29) is 48.5 Å². The zero-order valence-electron chi connectivity index (χ0n) is 17.7. The van der Waals surface area contributed by atoms with Crippen molar-refractivity contribution in [1.29, 1.82) is 0 Å². The fourth-order valence-corrected chi connectivity index (χ4v) is 9.06. The van der Waals surface area contributed by atoms with Gasteiger partial charge in [-0.2, -0.15) is 10.2 Å². The molecule has 1 unspecified atom stereocenters. The fourth-order valence-electron chi connectivity index (χ4n) is 3.19. The Morgan fingerprint density at radius 1 is 0.935 bits per heavy atom. The van der Waals surface area contributed by atoms with Gasteiger partial charge in [0.25, 0.3) is 5.02 Å². The van der Waals surface area contributed by atoms with Crippen LogP contribution in [0.1, 0.15) is 44.5 Å². The molecule has 1 aliphatic heterocycles. The predicted octanol–water partition coefficient (Wildman–Crippen LogP) is 6.59. The Kier molecular flexibility index (Phi) is 9.44. The van der Waals surface area contributed by atoms with Crippen LogP contribution in [0.25, 0.3) is 0 Å². The highest BCUT2D eigenvalue weighted by Gasteiger charge is 2.69. The molecule has 0 fully saturated rings. The van der Waals surface area contributed by atoms with Gasteiger partial charge >= 0.3 is 15.2 Å². The van der Waals surface area contributed by atoms with E-state index in [9.17, 15) is 13.9 Å². The van der Waals surface area contributed by atoms with Crippen molar-refractivity contribution < 1.29 is 32.0 Å². The Morgan fingerprint density at radius 2 is 1.35 bits per heavy atom. The van der Waals surface area contributed by atoms with Crippen LogP contribution in [0.5, 0.6) is 0 Å². The molecule has 0 N–H and O–H groups in total. The van der Waals surface area contributed by atoms with E-state index >= 15 is 0 Å². The lowest BCUT2D eigenvalue weighted by atomic mass is 10.0. The summed E-state index contributed by atoms with van der Waals surface area (Å²) in [5, 5.41) is 6.49. The second kappa shape index (κ2) is 11.0. The number of hydrogen-bond donors (Lipinski definition) is 0. The summed E-state index contributed by atoms with van der Waals surface area (Å²) in [6, 6.07) is 3.20. The van der Waals surface area contributed by atoms with Gasteiger partial charge in [0.2, 0.25) is 0 Å². The maximum absolute atomic E-state index is 13.9. The molecule has 1 heterocycles. The zero-order chi connectivity index (χ0) is 23.3. The third kappa shape index (κ3) is 5.31. The molecule has 31 heavy (non-hydrogen) atoms. The van der Waals surface area contributed by atoms with E-state index in [4.69, 9.17) is 41.3 Å². The molecular weight excluding hydrogens is 489 g/mol. The molecule has 1 atom stereocenters. The fraction of sp³-hybridized carbons (Fsp3) is 0.611. The summed E-state index contributed by atoms with van der Waals surface area (Å²) in [4.78, 5) is 13.1. The van der Waals surface area contributed by atoms with E-state index in [1.54, 1.807) is 27.7 Å². The molecule has 1 aliphatic rings. The number of carbonyl (C=O) groups excluding carboxylic acids is 1. The number of nitrogens with zero attached hydrogens (tertiary/aromatic N) is 2. The van der Waals surface area contributed by atoms with Crippen LogP contribution in [0.3, 0.4) is 0 Å². The van der Waals surface area contributed by atoms with Gasteiger partial charge < -0.3 is 18.1 Å². The van der Waals surface area contributed by atoms with Crippen LogP contribution < -0.4 is 0 Å². The Balaban J connectivity index is 2.58. The first-order valence-electron chi connectivity index (χ1n) is 9.82. The standard InChI is InChI=1S/C18H26Cl2N2O7P2/c1-5-26-30(24,27-6-2)18(31(25,28-7-3)29-8-4)12-16(21-22-18)17(23)13-9-14(19)11-15(20)10-13/h9-11,16H,5-8,12H2,1-4H3. The van der Waals surface area contributed by atoms with Crippen molar-refractivity contribution in [3.05, 3.63) is 33.8 Å². The summed E-state index contributed by atoms with van der Waals surface area (Å²) in [5.74, 6) is -0.492. The second-order valence-electron chi connectivity index (χ2n) is 6.40.